The van der Waals surface area contributed by atoms with Crippen molar-refractivity contribution >= 4 is 19.9 Å². The summed E-state index contributed by atoms with van der Waals surface area (Å²) in [5.74, 6) is -0.0332. The van der Waals surface area contributed by atoms with Gasteiger partial charge in [0, 0.05) is 5.69 Å². The van der Waals surface area contributed by atoms with Crippen LogP contribution in [0.2, 0.25) is 18.1 Å². The van der Waals surface area contributed by atoms with E-state index in [0.29, 0.717) is 5.56 Å². The van der Waals surface area contributed by atoms with Crippen molar-refractivity contribution in [2.24, 2.45) is 0 Å². The van der Waals surface area contributed by atoms with E-state index in [1.807, 2.05) is 24.3 Å². The average molecular weight is 331 g/mol. The van der Waals surface area contributed by atoms with Crippen molar-refractivity contribution < 1.29 is 9.32 Å². The number of hydrogen-bond donors (Lipinski definition) is 1. The van der Waals surface area contributed by atoms with E-state index in [4.69, 9.17) is 4.53 Å². The third-order valence-electron chi connectivity index (χ3n) is 5.25. The lowest BCUT2D eigenvalue weighted by Crippen LogP contribution is -2.53. The average Bonchev–Trinajstić information content (AvgIpc) is 2.88. The van der Waals surface area contributed by atoms with Crippen LogP contribution in [0.3, 0.4) is 0 Å². The van der Waals surface area contributed by atoms with Gasteiger partial charge >= 0.3 is 0 Å². The minimum absolute atomic E-state index is 0.0176. The molecule has 23 heavy (non-hydrogen) atoms. The van der Waals surface area contributed by atoms with E-state index in [1.165, 1.54) is 0 Å². The third-order valence-corrected chi connectivity index (χ3v) is 9.51. The van der Waals surface area contributed by atoms with Gasteiger partial charge in [-0.1, -0.05) is 45.1 Å². The summed E-state index contributed by atoms with van der Waals surface area (Å²) in [5, 5.41) is 5.21. The SMILES string of the molecule is CC(C)(C)[Si](C)(C)ON1C(=O)c2ccccc2N[C@@H]2C=CC[C@@H]21. The molecule has 0 radical (unpaired) electrons. The lowest BCUT2D eigenvalue weighted by Gasteiger charge is -2.42. The largest absolute Gasteiger partial charge is 0.376 e. The number of hydrogen-bond acceptors (Lipinski definition) is 3. The molecule has 1 aliphatic heterocycles. The van der Waals surface area contributed by atoms with Crippen LogP contribution in [-0.4, -0.2) is 31.4 Å². The summed E-state index contributed by atoms with van der Waals surface area (Å²) in [6.45, 7) is 10.9. The number of benzene rings is 1. The van der Waals surface area contributed by atoms with E-state index < -0.39 is 8.32 Å². The number of anilines is 1. The minimum atomic E-state index is -2.09. The van der Waals surface area contributed by atoms with Gasteiger partial charge in [-0.15, -0.1) is 0 Å². The Morgan fingerprint density at radius 1 is 1.26 bits per heavy atom. The van der Waals surface area contributed by atoms with Gasteiger partial charge in [0.15, 0.2) is 0 Å². The highest BCUT2D eigenvalue weighted by Crippen LogP contribution is 2.39. The van der Waals surface area contributed by atoms with E-state index in [-0.39, 0.29) is 23.0 Å². The van der Waals surface area contributed by atoms with Crippen LogP contribution < -0.4 is 5.32 Å². The molecule has 0 unspecified atom stereocenters. The maximum Gasteiger partial charge on any atom is 0.278 e. The second kappa shape index (κ2) is 5.49. The molecule has 1 aliphatic carbocycles. The van der Waals surface area contributed by atoms with E-state index in [1.54, 1.807) is 5.06 Å². The predicted octanol–water partition coefficient (Wildman–Crippen LogP) is 4.19. The highest BCUT2D eigenvalue weighted by molar-refractivity contribution is 6.74. The molecule has 1 aromatic carbocycles. The van der Waals surface area contributed by atoms with E-state index in [2.05, 4.69) is 51.3 Å². The monoisotopic (exact) mass is 330 g/mol. The molecule has 2 aliphatic rings. The number of carbonyl (C=O) groups is 1. The Morgan fingerprint density at radius 3 is 2.65 bits per heavy atom. The van der Waals surface area contributed by atoms with Gasteiger partial charge in [-0.05, 0) is 36.7 Å². The fraction of sp³-hybridized carbons (Fsp3) is 0.500. The van der Waals surface area contributed by atoms with Crippen molar-refractivity contribution in [1.82, 2.24) is 5.06 Å². The molecule has 5 heteroatoms. The summed E-state index contributed by atoms with van der Waals surface area (Å²) in [4.78, 5) is 13.1. The maximum absolute atomic E-state index is 13.1. The number of rotatable bonds is 2. The van der Waals surface area contributed by atoms with Crippen LogP contribution in [0.15, 0.2) is 36.4 Å². The molecule has 0 saturated heterocycles. The molecule has 0 bridgehead atoms. The maximum atomic E-state index is 13.1. The van der Waals surface area contributed by atoms with Gasteiger partial charge in [-0.2, -0.15) is 0 Å². The van der Waals surface area contributed by atoms with Crippen molar-refractivity contribution in [3.8, 4) is 0 Å². The Kier molecular flexibility index (Phi) is 3.89. The van der Waals surface area contributed by atoms with Crippen LogP contribution in [0.5, 0.6) is 0 Å². The number of fused-ring (bicyclic) bond motifs is 2. The first kappa shape index (κ1) is 16.3. The third kappa shape index (κ3) is 2.83. The summed E-state index contributed by atoms with van der Waals surface area (Å²) < 4.78 is 6.45. The lowest BCUT2D eigenvalue weighted by molar-refractivity contribution is -0.0721. The highest BCUT2D eigenvalue weighted by atomic mass is 28.4. The number of nitrogens with zero attached hydrogens (tertiary/aromatic N) is 1. The standard InChI is InChI=1S/C18H26N2O2Si/c1-18(2,3)23(4,5)22-20-16-12-8-11-15(16)19-14-10-7-6-9-13(14)17(20)21/h6-11,15-16,19H,12H2,1-5H3/t15-,16+/m1/s1. The Labute approximate surface area is 139 Å². The number of carbonyl (C=O) groups excluding carboxylic acids is 1. The zero-order chi connectivity index (χ0) is 16.8. The second-order valence-electron chi connectivity index (χ2n) is 7.93. The van der Waals surface area contributed by atoms with Crippen molar-refractivity contribution in [3.05, 3.63) is 42.0 Å². The first-order valence-electron chi connectivity index (χ1n) is 8.26. The fourth-order valence-corrected chi connectivity index (χ4v) is 3.75. The first-order chi connectivity index (χ1) is 10.7. The van der Waals surface area contributed by atoms with Crippen LogP contribution in [0.25, 0.3) is 0 Å². The quantitative estimate of drug-likeness (QED) is 0.653. The molecule has 1 N–H and O–H groups in total. The molecule has 4 nitrogen and oxygen atoms in total. The van der Waals surface area contributed by atoms with Crippen LogP contribution in [-0.2, 0) is 4.53 Å². The minimum Gasteiger partial charge on any atom is -0.376 e. The van der Waals surface area contributed by atoms with Crippen molar-refractivity contribution in [3.63, 3.8) is 0 Å². The van der Waals surface area contributed by atoms with Gasteiger partial charge in [-0.3, -0.25) is 4.79 Å². The molecule has 2 atom stereocenters. The van der Waals surface area contributed by atoms with E-state index >= 15 is 0 Å². The van der Waals surface area contributed by atoms with Crippen molar-refractivity contribution in [1.29, 1.82) is 0 Å². The topological polar surface area (TPSA) is 41.6 Å². The first-order valence-corrected chi connectivity index (χ1v) is 11.2. The smallest absolute Gasteiger partial charge is 0.278 e. The predicted molar refractivity (Wildman–Crippen MR) is 95.8 cm³/mol. The zero-order valence-electron chi connectivity index (χ0n) is 14.6. The second-order valence-corrected chi connectivity index (χ2v) is 12.6. The molecule has 0 aromatic heterocycles. The molecule has 1 heterocycles. The van der Waals surface area contributed by atoms with Gasteiger partial charge in [0.25, 0.3) is 5.91 Å². The molecule has 1 aromatic rings. The van der Waals surface area contributed by atoms with Crippen LogP contribution in [0.4, 0.5) is 5.69 Å². The van der Waals surface area contributed by atoms with Gasteiger partial charge < -0.3 is 9.84 Å². The highest BCUT2D eigenvalue weighted by Gasteiger charge is 2.45. The number of nitrogens with one attached hydrogen (secondary N) is 1. The molecule has 0 saturated carbocycles. The zero-order valence-corrected chi connectivity index (χ0v) is 15.6. The van der Waals surface area contributed by atoms with Gasteiger partial charge in [0.2, 0.25) is 8.32 Å². The van der Waals surface area contributed by atoms with Gasteiger partial charge in [0.1, 0.15) is 0 Å². The lowest BCUT2D eigenvalue weighted by atomic mass is 10.1. The Morgan fingerprint density at radius 2 is 1.96 bits per heavy atom. The molecule has 3 rings (SSSR count). The molecule has 1 amide bonds. The van der Waals surface area contributed by atoms with Crippen LogP contribution in [0, 0.1) is 0 Å². The van der Waals surface area contributed by atoms with Crippen molar-refractivity contribution in [2.75, 3.05) is 5.32 Å². The summed E-state index contributed by atoms with van der Waals surface area (Å²) in [6, 6.07) is 7.82. The molecule has 0 fully saturated rings. The molecule has 124 valence electrons. The molecular weight excluding hydrogens is 304 g/mol. The summed E-state index contributed by atoms with van der Waals surface area (Å²) in [5.41, 5.74) is 1.58. The van der Waals surface area contributed by atoms with E-state index in [0.717, 1.165) is 12.1 Å². The van der Waals surface area contributed by atoms with Gasteiger partial charge in [0.05, 0.1) is 17.6 Å². The summed E-state index contributed by atoms with van der Waals surface area (Å²) in [6.07, 6.45) is 5.10. The van der Waals surface area contributed by atoms with E-state index in [9.17, 15) is 4.79 Å². The van der Waals surface area contributed by atoms with Crippen LogP contribution >= 0.6 is 0 Å². The number of hydroxylamine groups is 2. The number of amides is 1. The normalized spacial score (nSPS) is 24.0. The molecular formula is C18H26N2O2Si. The van der Waals surface area contributed by atoms with Gasteiger partial charge in [-0.25, -0.2) is 5.06 Å². The molecule has 0 spiro atoms. The Hall–Kier alpha value is -1.59. The Bertz CT molecular complexity index is 649. The summed E-state index contributed by atoms with van der Waals surface area (Å²) in [7, 11) is -2.09. The summed E-state index contributed by atoms with van der Waals surface area (Å²) >= 11 is 0. The Balaban J connectivity index is 1.99. The number of para-hydroxylation sites is 1. The fourth-order valence-electron chi connectivity index (χ4n) is 2.76. The van der Waals surface area contributed by atoms with Crippen molar-refractivity contribution in [2.45, 2.75) is 57.4 Å². The van der Waals surface area contributed by atoms with Crippen LogP contribution in [0.1, 0.15) is 37.6 Å².